The summed E-state index contributed by atoms with van der Waals surface area (Å²) in [4.78, 5) is 13.1. The van der Waals surface area contributed by atoms with Gasteiger partial charge in [0.15, 0.2) is 5.78 Å². The van der Waals surface area contributed by atoms with Gasteiger partial charge in [0.1, 0.15) is 0 Å². The van der Waals surface area contributed by atoms with Crippen molar-refractivity contribution in [1.29, 1.82) is 0 Å². The summed E-state index contributed by atoms with van der Waals surface area (Å²) in [6.07, 6.45) is 3.46. The van der Waals surface area contributed by atoms with E-state index in [9.17, 15) is 4.79 Å². The van der Waals surface area contributed by atoms with Crippen LogP contribution in [0.5, 0.6) is 0 Å². The average molecular weight is 228 g/mol. The van der Waals surface area contributed by atoms with Crippen LogP contribution < -0.4 is 0 Å². The van der Waals surface area contributed by atoms with E-state index in [0.717, 1.165) is 4.88 Å². The number of hydrogen-bond acceptors (Lipinski definition) is 2. The predicted molar refractivity (Wildman–Crippen MR) is 69.5 cm³/mol. The van der Waals surface area contributed by atoms with E-state index in [4.69, 9.17) is 0 Å². The molecule has 1 aromatic heterocycles. The first-order chi connectivity index (χ1) is 7.75. The third-order valence-electron chi connectivity index (χ3n) is 2.17. The van der Waals surface area contributed by atoms with Crippen molar-refractivity contribution in [1.82, 2.24) is 0 Å². The molecule has 0 N–H and O–H groups in total. The van der Waals surface area contributed by atoms with Crippen molar-refractivity contribution < 1.29 is 4.79 Å². The lowest BCUT2D eigenvalue weighted by Crippen LogP contribution is -1.77. The van der Waals surface area contributed by atoms with Gasteiger partial charge in [0.05, 0.1) is 0 Å². The highest BCUT2D eigenvalue weighted by Crippen LogP contribution is 2.28. The van der Waals surface area contributed by atoms with Gasteiger partial charge in [-0.25, -0.2) is 0 Å². The molecule has 2 heteroatoms. The molecular formula is C14H12OS. The molecule has 16 heavy (non-hydrogen) atoms. The van der Waals surface area contributed by atoms with Gasteiger partial charge in [0.25, 0.3) is 0 Å². The quantitative estimate of drug-likeness (QED) is 0.725. The van der Waals surface area contributed by atoms with Crippen LogP contribution in [0.25, 0.3) is 16.5 Å². The van der Waals surface area contributed by atoms with Crippen molar-refractivity contribution >= 4 is 23.2 Å². The lowest BCUT2D eigenvalue weighted by atomic mass is 10.2. The van der Waals surface area contributed by atoms with E-state index in [1.807, 2.05) is 30.3 Å². The van der Waals surface area contributed by atoms with Crippen LogP contribution in [-0.2, 0) is 4.79 Å². The highest BCUT2D eigenvalue weighted by atomic mass is 32.1. The van der Waals surface area contributed by atoms with Gasteiger partial charge in [-0.2, -0.15) is 0 Å². The molecule has 0 bridgehead atoms. The van der Waals surface area contributed by atoms with Crippen LogP contribution in [0.2, 0.25) is 0 Å². The number of ketones is 1. The van der Waals surface area contributed by atoms with Gasteiger partial charge < -0.3 is 0 Å². The van der Waals surface area contributed by atoms with E-state index < -0.39 is 0 Å². The summed E-state index contributed by atoms with van der Waals surface area (Å²) in [5.74, 6) is 0.0784. The second-order valence-corrected chi connectivity index (χ2v) is 4.63. The molecule has 0 aliphatic carbocycles. The first-order valence-corrected chi connectivity index (χ1v) is 5.91. The molecule has 0 atom stereocenters. The van der Waals surface area contributed by atoms with E-state index in [1.54, 1.807) is 24.3 Å². The van der Waals surface area contributed by atoms with Crippen molar-refractivity contribution in [3.05, 3.63) is 53.4 Å². The molecule has 80 valence electrons. The summed E-state index contributed by atoms with van der Waals surface area (Å²) in [5, 5.41) is 0. The highest BCUT2D eigenvalue weighted by Gasteiger charge is 1.99. The summed E-state index contributed by atoms with van der Waals surface area (Å²) in [7, 11) is 0. The van der Waals surface area contributed by atoms with Crippen LogP contribution in [-0.4, -0.2) is 5.78 Å². The molecule has 0 amide bonds. The predicted octanol–water partition coefficient (Wildman–Crippen LogP) is 4.02. The van der Waals surface area contributed by atoms with Crippen LogP contribution in [0, 0.1) is 0 Å². The number of benzene rings is 1. The monoisotopic (exact) mass is 228 g/mol. The zero-order valence-electron chi connectivity index (χ0n) is 9.01. The zero-order chi connectivity index (χ0) is 11.4. The SMILES string of the molecule is CC(=O)/C=C/c1ccc(-c2ccccc2)s1. The lowest BCUT2D eigenvalue weighted by molar-refractivity contribution is -0.112. The van der Waals surface area contributed by atoms with E-state index in [-0.39, 0.29) is 5.78 Å². The normalized spacial score (nSPS) is 10.8. The Morgan fingerprint density at radius 3 is 2.56 bits per heavy atom. The van der Waals surface area contributed by atoms with Gasteiger partial charge >= 0.3 is 0 Å². The maximum absolute atomic E-state index is 10.8. The molecule has 1 nitrogen and oxygen atoms in total. The van der Waals surface area contributed by atoms with E-state index in [0.29, 0.717) is 0 Å². The van der Waals surface area contributed by atoms with Crippen LogP contribution in [0.4, 0.5) is 0 Å². The smallest absolute Gasteiger partial charge is 0.152 e. The largest absolute Gasteiger partial charge is 0.295 e. The first-order valence-electron chi connectivity index (χ1n) is 5.09. The second-order valence-electron chi connectivity index (χ2n) is 3.51. The van der Waals surface area contributed by atoms with Crippen molar-refractivity contribution in [3.8, 4) is 10.4 Å². The minimum atomic E-state index is 0.0784. The van der Waals surface area contributed by atoms with Crippen LogP contribution in [0.3, 0.4) is 0 Å². The summed E-state index contributed by atoms with van der Waals surface area (Å²) in [6, 6.07) is 14.4. The highest BCUT2D eigenvalue weighted by molar-refractivity contribution is 7.16. The fourth-order valence-electron chi connectivity index (χ4n) is 1.40. The summed E-state index contributed by atoms with van der Waals surface area (Å²) in [6.45, 7) is 1.56. The minimum Gasteiger partial charge on any atom is -0.295 e. The topological polar surface area (TPSA) is 17.1 Å². The van der Waals surface area contributed by atoms with Gasteiger partial charge in [-0.15, -0.1) is 11.3 Å². The molecule has 1 aromatic carbocycles. The molecule has 0 spiro atoms. The molecule has 0 aliphatic heterocycles. The Hall–Kier alpha value is -1.67. The molecule has 0 fully saturated rings. The van der Waals surface area contributed by atoms with Gasteiger partial charge in [0.2, 0.25) is 0 Å². The van der Waals surface area contributed by atoms with E-state index in [2.05, 4.69) is 18.2 Å². The fraction of sp³-hybridized carbons (Fsp3) is 0.0714. The summed E-state index contributed by atoms with van der Waals surface area (Å²) < 4.78 is 0. The molecule has 2 aromatic rings. The molecule has 0 unspecified atom stereocenters. The molecule has 1 heterocycles. The number of rotatable bonds is 3. The number of hydrogen-bond donors (Lipinski definition) is 0. The Bertz CT molecular complexity index is 509. The number of thiophene rings is 1. The molecular weight excluding hydrogens is 216 g/mol. The molecule has 0 saturated heterocycles. The fourth-order valence-corrected chi connectivity index (χ4v) is 2.32. The van der Waals surface area contributed by atoms with Crippen molar-refractivity contribution in [3.63, 3.8) is 0 Å². The van der Waals surface area contributed by atoms with Gasteiger partial charge in [-0.3, -0.25) is 4.79 Å². The van der Waals surface area contributed by atoms with Gasteiger partial charge in [0, 0.05) is 9.75 Å². The minimum absolute atomic E-state index is 0.0784. The van der Waals surface area contributed by atoms with Crippen molar-refractivity contribution in [2.24, 2.45) is 0 Å². The van der Waals surface area contributed by atoms with Crippen molar-refractivity contribution in [2.45, 2.75) is 6.92 Å². The zero-order valence-corrected chi connectivity index (χ0v) is 9.83. The third-order valence-corrected chi connectivity index (χ3v) is 3.27. The maximum atomic E-state index is 10.8. The van der Waals surface area contributed by atoms with Gasteiger partial charge in [-0.1, -0.05) is 30.3 Å². The maximum Gasteiger partial charge on any atom is 0.152 e. The molecule has 0 saturated carbocycles. The van der Waals surface area contributed by atoms with Crippen LogP contribution in [0.15, 0.2) is 48.5 Å². The Morgan fingerprint density at radius 2 is 1.88 bits per heavy atom. The Kier molecular flexibility index (Phi) is 3.32. The Morgan fingerprint density at radius 1 is 1.12 bits per heavy atom. The van der Waals surface area contributed by atoms with Crippen molar-refractivity contribution in [2.75, 3.05) is 0 Å². The second kappa shape index (κ2) is 4.90. The lowest BCUT2D eigenvalue weighted by Gasteiger charge is -1.94. The number of carbonyl (C=O) groups excluding carboxylic acids is 1. The Balaban J connectivity index is 2.23. The summed E-state index contributed by atoms with van der Waals surface area (Å²) >= 11 is 1.69. The third kappa shape index (κ3) is 2.67. The average Bonchev–Trinajstić information content (AvgIpc) is 2.76. The first kappa shape index (κ1) is 10.8. The van der Waals surface area contributed by atoms with E-state index in [1.165, 1.54) is 10.4 Å². The molecule has 0 aliphatic rings. The van der Waals surface area contributed by atoms with E-state index >= 15 is 0 Å². The van der Waals surface area contributed by atoms with Gasteiger partial charge in [-0.05, 0) is 36.8 Å². The van der Waals surface area contributed by atoms with Crippen LogP contribution >= 0.6 is 11.3 Å². The summed E-state index contributed by atoms with van der Waals surface area (Å²) in [5.41, 5.74) is 1.22. The number of allylic oxidation sites excluding steroid dienone is 1. The Labute approximate surface area is 99.1 Å². The molecule has 0 radical (unpaired) electrons. The number of carbonyl (C=O) groups is 1. The molecule has 2 rings (SSSR count). The standard InChI is InChI=1S/C14H12OS/c1-11(15)7-8-13-9-10-14(16-13)12-5-3-2-4-6-12/h2-10H,1H3/b8-7+. The van der Waals surface area contributed by atoms with Crippen LogP contribution in [0.1, 0.15) is 11.8 Å².